The van der Waals surface area contributed by atoms with E-state index in [9.17, 15) is 4.79 Å². The highest BCUT2D eigenvalue weighted by Gasteiger charge is 2.13. The van der Waals surface area contributed by atoms with E-state index in [1.54, 1.807) is 12.5 Å². The molecule has 0 bridgehead atoms. The Hall–Kier alpha value is -3.12. The first-order valence-corrected chi connectivity index (χ1v) is 9.56. The summed E-state index contributed by atoms with van der Waals surface area (Å²) in [5, 5.41) is 6.66. The molecule has 136 valence electrons. The molecule has 0 unspecified atom stereocenters. The van der Waals surface area contributed by atoms with E-state index in [0.717, 1.165) is 39.3 Å². The number of ether oxygens (including phenoxy) is 1. The molecule has 0 saturated carbocycles. The fourth-order valence-corrected chi connectivity index (χ4v) is 3.70. The summed E-state index contributed by atoms with van der Waals surface area (Å²) < 4.78 is 5.22. The molecule has 0 aliphatic heterocycles. The second-order valence-corrected chi connectivity index (χ2v) is 7.02. The Morgan fingerprint density at radius 3 is 2.93 bits per heavy atom. The molecule has 4 aromatic rings. The van der Waals surface area contributed by atoms with Crippen LogP contribution < -0.4 is 10.1 Å². The molecular formula is C21H19N3O2S. The molecule has 0 aliphatic rings. The molecule has 2 heterocycles. The molecule has 2 N–H and O–H groups in total. The first-order valence-electron chi connectivity index (χ1n) is 8.68. The van der Waals surface area contributed by atoms with Crippen molar-refractivity contribution in [1.29, 1.82) is 0 Å². The maximum absolute atomic E-state index is 12.4. The number of carbonyl (C=O) groups excluding carboxylic acids is 1. The van der Waals surface area contributed by atoms with Crippen LogP contribution in [0.25, 0.3) is 21.6 Å². The van der Waals surface area contributed by atoms with Gasteiger partial charge in [0.1, 0.15) is 16.5 Å². The van der Waals surface area contributed by atoms with Crippen LogP contribution in [-0.4, -0.2) is 29.5 Å². The van der Waals surface area contributed by atoms with E-state index >= 15 is 0 Å². The van der Waals surface area contributed by atoms with Crippen molar-refractivity contribution in [2.45, 2.75) is 6.42 Å². The Kier molecular flexibility index (Phi) is 4.89. The molecule has 0 aliphatic carbocycles. The van der Waals surface area contributed by atoms with E-state index in [4.69, 9.17) is 4.74 Å². The van der Waals surface area contributed by atoms with E-state index in [1.165, 1.54) is 11.3 Å². The molecule has 4 rings (SSSR count). The number of hydrogen-bond donors (Lipinski definition) is 2. The van der Waals surface area contributed by atoms with E-state index in [2.05, 4.69) is 27.4 Å². The number of thiazole rings is 1. The van der Waals surface area contributed by atoms with Crippen LogP contribution in [0.3, 0.4) is 0 Å². The topological polar surface area (TPSA) is 67.0 Å². The molecule has 2 aromatic heterocycles. The van der Waals surface area contributed by atoms with Gasteiger partial charge in [-0.15, -0.1) is 11.3 Å². The highest BCUT2D eigenvalue weighted by molar-refractivity contribution is 7.13. The van der Waals surface area contributed by atoms with Gasteiger partial charge in [0.05, 0.1) is 12.8 Å². The molecule has 27 heavy (non-hydrogen) atoms. The summed E-state index contributed by atoms with van der Waals surface area (Å²) in [6, 6.07) is 18.0. The number of para-hydroxylation sites is 1. The van der Waals surface area contributed by atoms with Gasteiger partial charge in [0.25, 0.3) is 5.91 Å². The number of carbonyl (C=O) groups is 1. The lowest BCUT2D eigenvalue weighted by atomic mass is 10.1. The summed E-state index contributed by atoms with van der Waals surface area (Å²) in [6.45, 7) is 0.547. The minimum Gasteiger partial charge on any atom is -0.497 e. The first kappa shape index (κ1) is 17.3. The first-order chi connectivity index (χ1) is 13.2. The van der Waals surface area contributed by atoms with E-state index in [0.29, 0.717) is 12.2 Å². The fourth-order valence-electron chi connectivity index (χ4n) is 2.93. The fraction of sp³-hybridized carbons (Fsp3) is 0.143. The number of aromatic nitrogens is 2. The van der Waals surface area contributed by atoms with Gasteiger partial charge < -0.3 is 15.0 Å². The summed E-state index contributed by atoms with van der Waals surface area (Å²) in [6.07, 6.45) is 0.738. The molecule has 2 aromatic carbocycles. The number of hydrogen-bond acceptors (Lipinski definition) is 4. The molecule has 0 saturated heterocycles. The molecule has 0 atom stereocenters. The Balaban J connectivity index is 1.39. The standard InChI is InChI=1S/C21H19N3O2S/c1-26-16-7-4-5-14(11-16)9-10-22-20(25)19-13-27-21(24-19)18-12-15-6-2-3-8-17(15)23-18/h2-8,11-13,23H,9-10H2,1H3,(H,22,25). The number of aromatic amines is 1. The predicted octanol–water partition coefficient (Wildman–Crippen LogP) is 4.27. The smallest absolute Gasteiger partial charge is 0.270 e. The predicted molar refractivity (Wildman–Crippen MR) is 108 cm³/mol. The van der Waals surface area contributed by atoms with Crippen molar-refractivity contribution in [3.05, 3.63) is 71.2 Å². The number of methoxy groups -OCH3 is 1. The number of nitrogens with one attached hydrogen (secondary N) is 2. The van der Waals surface area contributed by atoms with Crippen LogP contribution in [0, 0.1) is 0 Å². The molecular weight excluding hydrogens is 358 g/mol. The zero-order valence-corrected chi connectivity index (χ0v) is 15.7. The quantitative estimate of drug-likeness (QED) is 0.527. The van der Waals surface area contributed by atoms with Crippen LogP contribution in [-0.2, 0) is 6.42 Å². The lowest BCUT2D eigenvalue weighted by Gasteiger charge is -2.05. The number of fused-ring (bicyclic) bond motifs is 1. The summed E-state index contributed by atoms with van der Waals surface area (Å²) in [7, 11) is 1.65. The van der Waals surface area contributed by atoms with Crippen LogP contribution in [0.5, 0.6) is 5.75 Å². The Labute approximate surface area is 161 Å². The SMILES string of the molecule is COc1cccc(CCNC(=O)c2csc(-c3cc4ccccc4[nH]3)n2)c1. The van der Waals surface area contributed by atoms with Crippen LogP contribution >= 0.6 is 11.3 Å². The third-order valence-corrected chi connectivity index (χ3v) is 5.21. The lowest BCUT2D eigenvalue weighted by molar-refractivity contribution is 0.0950. The summed E-state index contributed by atoms with van der Waals surface area (Å²) >= 11 is 1.46. The van der Waals surface area contributed by atoms with Gasteiger partial charge in [-0.25, -0.2) is 4.98 Å². The van der Waals surface area contributed by atoms with E-state index in [1.807, 2.05) is 42.5 Å². The average Bonchev–Trinajstić information content (AvgIpc) is 3.35. The number of rotatable bonds is 6. The maximum atomic E-state index is 12.4. The number of nitrogens with zero attached hydrogens (tertiary/aromatic N) is 1. The van der Waals surface area contributed by atoms with Crippen molar-refractivity contribution in [3.63, 3.8) is 0 Å². The Morgan fingerprint density at radius 2 is 2.07 bits per heavy atom. The lowest BCUT2D eigenvalue weighted by Crippen LogP contribution is -2.25. The van der Waals surface area contributed by atoms with Crippen molar-refractivity contribution >= 4 is 28.1 Å². The maximum Gasteiger partial charge on any atom is 0.270 e. The van der Waals surface area contributed by atoms with Crippen LogP contribution in [0.15, 0.2) is 60.0 Å². The van der Waals surface area contributed by atoms with Gasteiger partial charge in [0.2, 0.25) is 0 Å². The van der Waals surface area contributed by atoms with Crippen molar-refractivity contribution in [2.24, 2.45) is 0 Å². The number of amides is 1. The van der Waals surface area contributed by atoms with Crippen molar-refractivity contribution in [2.75, 3.05) is 13.7 Å². The molecule has 1 amide bonds. The zero-order valence-electron chi connectivity index (χ0n) is 14.9. The number of H-pyrrole nitrogens is 1. The zero-order chi connectivity index (χ0) is 18.6. The summed E-state index contributed by atoms with van der Waals surface area (Å²) in [4.78, 5) is 20.2. The third kappa shape index (κ3) is 3.85. The Morgan fingerprint density at radius 1 is 1.19 bits per heavy atom. The van der Waals surface area contributed by atoms with E-state index in [-0.39, 0.29) is 5.91 Å². The molecule has 5 nitrogen and oxygen atoms in total. The highest BCUT2D eigenvalue weighted by atomic mass is 32.1. The normalized spacial score (nSPS) is 10.9. The average molecular weight is 377 g/mol. The van der Waals surface area contributed by atoms with Gasteiger partial charge in [0, 0.05) is 22.8 Å². The van der Waals surface area contributed by atoms with Gasteiger partial charge >= 0.3 is 0 Å². The largest absolute Gasteiger partial charge is 0.497 e. The van der Waals surface area contributed by atoms with Crippen LogP contribution in [0.1, 0.15) is 16.1 Å². The molecule has 0 spiro atoms. The van der Waals surface area contributed by atoms with Crippen LogP contribution in [0.2, 0.25) is 0 Å². The summed E-state index contributed by atoms with van der Waals surface area (Å²) in [5.41, 5.74) is 3.55. The second kappa shape index (κ2) is 7.63. The monoisotopic (exact) mass is 377 g/mol. The van der Waals surface area contributed by atoms with Gasteiger partial charge in [0.15, 0.2) is 0 Å². The van der Waals surface area contributed by atoms with Crippen LogP contribution in [0.4, 0.5) is 0 Å². The summed E-state index contributed by atoms with van der Waals surface area (Å²) in [5.74, 6) is 0.665. The molecule has 0 fully saturated rings. The van der Waals surface area contributed by atoms with Gasteiger partial charge in [-0.2, -0.15) is 0 Å². The molecule has 6 heteroatoms. The van der Waals surface area contributed by atoms with Gasteiger partial charge in [-0.05, 0) is 36.2 Å². The van der Waals surface area contributed by atoms with E-state index < -0.39 is 0 Å². The Bertz CT molecular complexity index is 1050. The van der Waals surface area contributed by atoms with Crippen molar-refractivity contribution in [3.8, 4) is 16.5 Å². The van der Waals surface area contributed by atoms with Crippen molar-refractivity contribution in [1.82, 2.24) is 15.3 Å². The minimum atomic E-state index is -0.156. The number of benzene rings is 2. The highest BCUT2D eigenvalue weighted by Crippen LogP contribution is 2.26. The van der Waals surface area contributed by atoms with Gasteiger partial charge in [-0.1, -0.05) is 30.3 Å². The second-order valence-electron chi connectivity index (χ2n) is 6.17. The van der Waals surface area contributed by atoms with Crippen molar-refractivity contribution < 1.29 is 9.53 Å². The third-order valence-electron chi connectivity index (χ3n) is 4.33. The molecule has 0 radical (unpaired) electrons. The minimum absolute atomic E-state index is 0.156. The van der Waals surface area contributed by atoms with Gasteiger partial charge in [-0.3, -0.25) is 4.79 Å².